The van der Waals surface area contributed by atoms with Gasteiger partial charge in [0.15, 0.2) is 0 Å². The second kappa shape index (κ2) is 13.8. The maximum atomic E-state index is 6.82. The van der Waals surface area contributed by atoms with Crippen molar-refractivity contribution in [2.45, 2.75) is 12.3 Å². The lowest BCUT2D eigenvalue weighted by Crippen LogP contribution is -2.38. The van der Waals surface area contributed by atoms with Crippen LogP contribution in [0.3, 0.4) is 0 Å². The summed E-state index contributed by atoms with van der Waals surface area (Å²) in [6.07, 6.45) is 9.30. The van der Waals surface area contributed by atoms with Crippen molar-refractivity contribution in [3.8, 4) is 16.8 Å². The Morgan fingerprint density at radius 2 is 1.38 bits per heavy atom. The van der Waals surface area contributed by atoms with Crippen molar-refractivity contribution < 1.29 is 0 Å². The molecule has 276 valence electrons. The van der Waals surface area contributed by atoms with E-state index >= 15 is 0 Å². The molecule has 11 rings (SSSR count). The summed E-state index contributed by atoms with van der Waals surface area (Å²) in [6, 6.07) is 58.6. The molecule has 10 aromatic rings. The van der Waals surface area contributed by atoms with Gasteiger partial charge in [0, 0.05) is 59.4 Å². The largest absolute Gasteiger partial charge is 0.369 e. The van der Waals surface area contributed by atoms with Crippen molar-refractivity contribution in [3.63, 3.8) is 0 Å². The van der Waals surface area contributed by atoms with Crippen LogP contribution in [-0.4, -0.2) is 15.1 Å². The highest BCUT2D eigenvalue weighted by Crippen LogP contribution is 2.40. The maximum Gasteiger partial charge on any atom is 0.205 e. The summed E-state index contributed by atoms with van der Waals surface area (Å²) in [7, 11) is 0. The number of nitrogens with zero attached hydrogens (tertiary/aromatic N) is 3. The number of fused-ring (bicyclic) bond motifs is 9. The molecule has 0 bridgehead atoms. The van der Waals surface area contributed by atoms with E-state index in [2.05, 4.69) is 192 Å². The van der Waals surface area contributed by atoms with Gasteiger partial charge in [-0.3, -0.25) is 4.57 Å². The van der Waals surface area contributed by atoms with Gasteiger partial charge in [-0.15, -0.1) is 11.3 Å². The fraction of sp³-hybridized carbons (Fsp3) is 0.0377. The second-order valence-electron chi connectivity index (χ2n) is 15.0. The molecule has 0 saturated heterocycles. The number of benzene rings is 7. The molecule has 0 fully saturated rings. The lowest BCUT2D eigenvalue weighted by molar-refractivity contribution is 0.913. The van der Waals surface area contributed by atoms with Crippen molar-refractivity contribution in [1.82, 2.24) is 9.13 Å². The van der Waals surface area contributed by atoms with Gasteiger partial charge in [0.2, 0.25) is 5.96 Å². The summed E-state index contributed by atoms with van der Waals surface area (Å²) in [4.78, 5) is 4.76. The first-order valence-electron chi connectivity index (χ1n) is 19.7. The fourth-order valence-electron chi connectivity index (χ4n) is 8.92. The van der Waals surface area contributed by atoms with Crippen LogP contribution in [0.25, 0.3) is 87.4 Å². The van der Waals surface area contributed by atoms with Gasteiger partial charge in [0.05, 0.1) is 21.9 Å². The zero-order valence-corrected chi connectivity index (χ0v) is 32.5. The number of allylic oxidation sites excluding steroid dienone is 2. The Morgan fingerprint density at radius 3 is 2.22 bits per heavy atom. The molecule has 2 N–H and O–H groups in total. The van der Waals surface area contributed by atoms with Gasteiger partial charge in [-0.2, -0.15) is 0 Å². The molecule has 3 aromatic heterocycles. The van der Waals surface area contributed by atoms with Gasteiger partial charge >= 0.3 is 0 Å². The Morgan fingerprint density at radius 1 is 0.672 bits per heavy atom. The van der Waals surface area contributed by atoms with Gasteiger partial charge in [-0.25, -0.2) is 4.99 Å². The van der Waals surface area contributed by atoms with Crippen LogP contribution < -0.4 is 16.3 Å². The number of hydrogen-bond acceptors (Lipinski definition) is 2. The predicted octanol–water partition coefficient (Wildman–Crippen LogP) is 11.9. The number of nitrogens with two attached hydrogens (primary N) is 1. The summed E-state index contributed by atoms with van der Waals surface area (Å²) < 4.78 is 7.08. The van der Waals surface area contributed by atoms with Crippen molar-refractivity contribution in [2.75, 3.05) is 0 Å². The van der Waals surface area contributed by atoms with E-state index in [-0.39, 0.29) is 5.92 Å². The summed E-state index contributed by atoms with van der Waals surface area (Å²) in [6.45, 7) is 4.36. The first-order chi connectivity index (χ1) is 28.6. The predicted molar refractivity (Wildman–Crippen MR) is 248 cm³/mol. The Labute approximate surface area is 339 Å². The van der Waals surface area contributed by atoms with Crippen molar-refractivity contribution in [3.05, 3.63) is 204 Å². The van der Waals surface area contributed by atoms with E-state index in [1.807, 2.05) is 17.4 Å². The average Bonchev–Trinajstić information content (AvgIpc) is 3.94. The number of aliphatic imine (C=N–C) groups is 1. The Balaban J connectivity index is 0.892. The highest BCUT2D eigenvalue weighted by atomic mass is 32.1. The molecule has 3 heterocycles. The molecular formula is C53H38N4S. The van der Waals surface area contributed by atoms with Crippen LogP contribution >= 0.6 is 11.3 Å². The third-order valence-electron chi connectivity index (χ3n) is 11.7. The van der Waals surface area contributed by atoms with E-state index in [1.165, 1.54) is 69.6 Å². The normalized spacial score (nSPS) is 14.4. The van der Waals surface area contributed by atoms with Crippen molar-refractivity contribution >= 4 is 87.9 Å². The van der Waals surface area contributed by atoms with Crippen molar-refractivity contribution in [1.29, 1.82) is 0 Å². The van der Waals surface area contributed by atoms with E-state index < -0.39 is 0 Å². The molecule has 0 radical (unpaired) electrons. The van der Waals surface area contributed by atoms with E-state index in [0.717, 1.165) is 33.8 Å². The van der Waals surface area contributed by atoms with Crippen LogP contribution in [0.1, 0.15) is 23.5 Å². The van der Waals surface area contributed by atoms with Crippen molar-refractivity contribution in [2.24, 2.45) is 10.7 Å². The first kappa shape index (κ1) is 34.1. The minimum atomic E-state index is 0.223. The molecule has 5 heteroatoms. The maximum absolute atomic E-state index is 6.82. The Bertz CT molecular complexity index is 3450. The molecule has 1 unspecified atom stereocenters. The summed E-state index contributed by atoms with van der Waals surface area (Å²) in [5, 5.41) is 8.58. The number of aromatic nitrogens is 2. The molecule has 4 nitrogen and oxygen atoms in total. The van der Waals surface area contributed by atoms with Gasteiger partial charge in [0.1, 0.15) is 0 Å². The Kier molecular flexibility index (Phi) is 8.09. The zero-order valence-electron chi connectivity index (χ0n) is 31.7. The SMILES string of the molecule is C=C(/C=C\N=C(N)n1c2c(c3ccccc31)=CC(c1ccc3c(c1)c1ccccc1n3-c1ccccc1)CC=2)c1ccc(-c2cccc3c2sc2ccccc23)cc1. The quantitative estimate of drug-likeness (QED) is 0.102. The van der Waals surface area contributed by atoms with E-state index in [1.54, 1.807) is 6.20 Å². The monoisotopic (exact) mass is 762 g/mol. The standard InChI is InChI=1S/C53H38N4S/c1-34(35-22-24-36(25-23-35)40-17-11-18-44-43-16-7-10-21-51(43)58-52(40)44)30-31-55-53(54)57-48-20-9-6-15-42(48)46-33-38(27-29-50(46)57)37-26-28-49-45(32-37)41-14-5-8-19-47(41)56(49)39-12-3-2-4-13-39/h2-26,28-33,38H,1,27H2,(H2,54,55)/b31-30-. The molecule has 1 aliphatic rings. The van der Waals surface area contributed by atoms with E-state index in [0.29, 0.717) is 5.96 Å². The van der Waals surface area contributed by atoms with Gasteiger partial charge in [0.25, 0.3) is 0 Å². The van der Waals surface area contributed by atoms with Crippen LogP contribution in [0.15, 0.2) is 188 Å². The van der Waals surface area contributed by atoms with Crippen LogP contribution in [0.4, 0.5) is 0 Å². The molecule has 58 heavy (non-hydrogen) atoms. The molecule has 0 amide bonds. The van der Waals surface area contributed by atoms with Crippen LogP contribution in [0.5, 0.6) is 0 Å². The number of thiophene rings is 1. The third kappa shape index (κ3) is 5.54. The summed E-state index contributed by atoms with van der Waals surface area (Å²) in [5.41, 5.74) is 17.1. The lowest BCUT2D eigenvalue weighted by Gasteiger charge is -2.15. The molecule has 0 spiro atoms. The van der Waals surface area contributed by atoms with E-state index in [9.17, 15) is 0 Å². The first-order valence-corrected chi connectivity index (χ1v) is 20.5. The topological polar surface area (TPSA) is 48.2 Å². The van der Waals surface area contributed by atoms with Gasteiger partial charge < -0.3 is 10.3 Å². The van der Waals surface area contributed by atoms with Gasteiger partial charge in [-0.1, -0.05) is 140 Å². The minimum absolute atomic E-state index is 0.223. The molecular weight excluding hydrogens is 725 g/mol. The number of rotatable bonds is 6. The average molecular weight is 763 g/mol. The van der Waals surface area contributed by atoms with Crippen LogP contribution in [-0.2, 0) is 0 Å². The van der Waals surface area contributed by atoms with Crippen LogP contribution in [0, 0.1) is 0 Å². The van der Waals surface area contributed by atoms with Gasteiger partial charge in [-0.05, 0) is 82.8 Å². The Hall–Kier alpha value is -7.21. The third-order valence-corrected chi connectivity index (χ3v) is 12.9. The lowest BCUT2D eigenvalue weighted by atomic mass is 9.90. The smallest absolute Gasteiger partial charge is 0.205 e. The zero-order chi connectivity index (χ0) is 38.7. The molecule has 1 atom stereocenters. The molecule has 1 aliphatic carbocycles. The molecule has 0 aliphatic heterocycles. The highest BCUT2D eigenvalue weighted by Gasteiger charge is 2.19. The van der Waals surface area contributed by atoms with E-state index in [4.69, 9.17) is 10.7 Å². The van der Waals surface area contributed by atoms with Crippen LogP contribution in [0.2, 0.25) is 0 Å². The fourth-order valence-corrected chi connectivity index (χ4v) is 10.2. The highest BCUT2D eigenvalue weighted by molar-refractivity contribution is 7.26. The summed E-state index contributed by atoms with van der Waals surface area (Å²) >= 11 is 1.85. The summed E-state index contributed by atoms with van der Waals surface area (Å²) in [5.74, 6) is 0.646. The molecule has 7 aromatic carbocycles. The number of hydrogen-bond donors (Lipinski definition) is 1. The molecule has 0 saturated carbocycles. The second-order valence-corrected chi connectivity index (χ2v) is 16.1. The minimum Gasteiger partial charge on any atom is -0.369 e. The number of para-hydroxylation sites is 3.